The van der Waals surface area contributed by atoms with Crippen molar-refractivity contribution in [1.82, 2.24) is 0 Å². The van der Waals surface area contributed by atoms with E-state index in [1.807, 2.05) is 6.08 Å². The van der Waals surface area contributed by atoms with Crippen LogP contribution in [0.15, 0.2) is 43.0 Å². The van der Waals surface area contributed by atoms with Gasteiger partial charge in [0.1, 0.15) is 0 Å². The zero-order chi connectivity index (χ0) is 13.6. The van der Waals surface area contributed by atoms with E-state index in [0.717, 1.165) is 12.8 Å². The number of allylic oxidation sites excluding steroid dienone is 1. The van der Waals surface area contributed by atoms with Crippen LogP contribution >= 0.6 is 0 Å². The van der Waals surface area contributed by atoms with E-state index in [1.165, 1.54) is 44.1 Å². The van der Waals surface area contributed by atoms with Crippen LogP contribution in [0.1, 0.15) is 56.9 Å². The molecular formula is C18H27N. The van der Waals surface area contributed by atoms with Crippen LogP contribution in [0.5, 0.6) is 0 Å². The molecule has 1 atom stereocenters. The monoisotopic (exact) mass is 257 g/mol. The maximum atomic E-state index is 6.62. The van der Waals surface area contributed by atoms with Gasteiger partial charge in [-0.05, 0) is 37.7 Å². The molecule has 1 aromatic rings. The lowest BCUT2D eigenvalue weighted by molar-refractivity contribution is 0.232. The predicted molar refractivity (Wildman–Crippen MR) is 83.2 cm³/mol. The molecule has 19 heavy (non-hydrogen) atoms. The van der Waals surface area contributed by atoms with Crippen LogP contribution in [-0.2, 0) is 5.41 Å². The Labute approximate surface area is 117 Å². The highest BCUT2D eigenvalue weighted by molar-refractivity contribution is 5.28. The van der Waals surface area contributed by atoms with Gasteiger partial charge in [-0.1, -0.05) is 55.7 Å². The first-order valence-electron chi connectivity index (χ1n) is 7.71. The second kappa shape index (κ2) is 6.91. The third-order valence-corrected chi connectivity index (χ3v) is 4.73. The van der Waals surface area contributed by atoms with Crippen molar-refractivity contribution in [2.75, 3.05) is 0 Å². The van der Waals surface area contributed by atoms with Gasteiger partial charge < -0.3 is 5.73 Å². The summed E-state index contributed by atoms with van der Waals surface area (Å²) in [6.07, 6.45) is 11.9. The lowest BCUT2D eigenvalue weighted by Gasteiger charge is -2.43. The van der Waals surface area contributed by atoms with E-state index in [1.54, 1.807) is 0 Å². The molecular weight excluding hydrogens is 230 g/mol. The fourth-order valence-electron chi connectivity index (χ4n) is 3.58. The van der Waals surface area contributed by atoms with Gasteiger partial charge in [0.15, 0.2) is 0 Å². The van der Waals surface area contributed by atoms with Gasteiger partial charge in [0, 0.05) is 11.5 Å². The highest BCUT2D eigenvalue weighted by Gasteiger charge is 2.38. The van der Waals surface area contributed by atoms with E-state index in [9.17, 15) is 0 Å². The van der Waals surface area contributed by atoms with E-state index in [2.05, 4.69) is 36.9 Å². The summed E-state index contributed by atoms with van der Waals surface area (Å²) >= 11 is 0. The van der Waals surface area contributed by atoms with Gasteiger partial charge in [-0.25, -0.2) is 0 Å². The van der Waals surface area contributed by atoms with Gasteiger partial charge in [0.05, 0.1) is 0 Å². The molecule has 1 fully saturated rings. The fraction of sp³-hybridized carbons (Fsp3) is 0.556. The molecule has 1 saturated carbocycles. The molecule has 2 rings (SSSR count). The molecule has 0 spiro atoms. The van der Waals surface area contributed by atoms with Gasteiger partial charge in [-0.15, -0.1) is 6.58 Å². The van der Waals surface area contributed by atoms with Crippen molar-refractivity contribution in [3.05, 3.63) is 48.6 Å². The largest absolute Gasteiger partial charge is 0.327 e. The fourth-order valence-corrected chi connectivity index (χ4v) is 3.58. The Balaban J connectivity index is 2.17. The van der Waals surface area contributed by atoms with Crippen molar-refractivity contribution in [2.45, 2.75) is 62.8 Å². The quantitative estimate of drug-likeness (QED) is 0.586. The first kappa shape index (κ1) is 14.3. The molecule has 2 N–H and O–H groups in total. The lowest BCUT2D eigenvalue weighted by atomic mass is 9.64. The van der Waals surface area contributed by atoms with Crippen molar-refractivity contribution in [1.29, 1.82) is 0 Å². The van der Waals surface area contributed by atoms with E-state index < -0.39 is 0 Å². The standard InChI is InChI=1S/C18H27N/c1-2-3-6-13-17(19)18(14-9-5-10-15-18)16-11-7-4-8-12-16/h2,4,7-8,11-12,17H,1,3,5-6,9-10,13-15,19H2. The van der Waals surface area contributed by atoms with Crippen molar-refractivity contribution < 1.29 is 0 Å². The summed E-state index contributed by atoms with van der Waals surface area (Å²) in [4.78, 5) is 0. The molecule has 1 unspecified atom stereocenters. The minimum Gasteiger partial charge on any atom is -0.327 e. The molecule has 0 saturated heterocycles. The van der Waals surface area contributed by atoms with Gasteiger partial charge in [0.25, 0.3) is 0 Å². The Morgan fingerprint density at radius 1 is 1.16 bits per heavy atom. The van der Waals surface area contributed by atoms with Gasteiger partial charge in [0.2, 0.25) is 0 Å². The van der Waals surface area contributed by atoms with Crippen LogP contribution in [0.3, 0.4) is 0 Å². The molecule has 0 aliphatic heterocycles. The summed E-state index contributed by atoms with van der Waals surface area (Å²) in [5.41, 5.74) is 8.30. The third-order valence-electron chi connectivity index (χ3n) is 4.73. The average molecular weight is 257 g/mol. The molecule has 0 heterocycles. The van der Waals surface area contributed by atoms with Crippen LogP contribution in [-0.4, -0.2) is 6.04 Å². The van der Waals surface area contributed by atoms with Gasteiger partial charge in [-0.2, -0.15) is 0 Å². The van der Waals surface area contributed by atoms with Crippen molar-refractivity contribution >= 4 is 0 Å². The zero-order valence-electron chi connectivity index (χ0n) is 12.0. The maximum Gasteiger partial charge on any atom is 0.0136 e. The van der Waals surface area contributed by atoms with Crippen molar-refractivity contribution in [2.24, 2.45) is 5.73 Å². The van der Waals surface area contributed by atoms with Crippen molar-refractivity contribution in [3.8, 4) is 0 Å². The smallest absolute Gasteiger partial charge is 0.0136 e. The van der Waals surface area contributed by atoms with Crippen LogP contribution in [0.2, 0.25) is 0 Å². The molecule has 1 heteroatoms. The molecule has 1 nitrogen and oxygen atoms in total. The zero-order valence-corrected chi connectivity index (χ0v) is 12.0. The van der Waals surface area contributed by atoms with E-state index in [-0.39, 0.29) is 11.5 Å². The Morgan fingerprint density at radius 2 is 1.84 bits per heavy atom. The molecule has 104 valence electrons. The van der Waals surface area contributed by atoms with E-state index in [0.29, 0.717) is 0 Å². The van der Waals surface area contributed by atoms with Gasteiger partial charge >= 0.3 is 0 Å². The second-order valence-electron chi connectivity index (χ2n) is 5.91. The van der Waals surface area contributed by atoms with Crippen LogP contribution < -0.4 is 5.73 Å². The van der Waals surface area contributed by atoms with Crippen LogP contribution in [0, 0.1) is 0 Å². The number of rotatable bonds is 6. The molecule has 0 aromatic heterocycles. The summed E-state index contributed by atoms with van der Waals surface area (Å²) < 4.78 is 0. The van der Waals surface area contributed by atoms with Crippen LogP contribution in [0.4, 0.5) is 0 Å². The number of hydrogen-bond donors (Lipinski definition) is 1. The molecule has 0 amide bonds. The SMILES string of the molecule is C=CCCCC(N)C1(c2ccccc2)CCCCC1. The number of nitrogens with two attached hydrogens (primary N) is 1. The Morgan fingerprint density at radius 3 is 2.47 bits per heavy atom. The highest BCUT2D eigenvalue weighted by atomic mass is 14.7. The normalized spacial score (nSPS) is 19.8. The summed E-state index contributed by atoms with van der Waals surface area (Å²) in [5.74, 6) is 0. The van der Waals surface area contributed by atoms with E-state index in [4.69, 9.17) is 5.73 Å². The number of benzene rings is 1. The average Bonchev–Trinajstić information content (AvgIpc) is 2.49. The summed E-state index contributed by atoms with van der Waals surface area (Å²) in [6, 6.07) is 11.3. The Kier molecular flexibility index (Phi) is 5.21. The van der Waals surface area contributed by atoms with Crippen molar-refractivity contribution in [3.63, 3.8) is 0 Å². The second-order valence-corrected chi connectivity index (χ2v) is 5.91. The van der Waals surface area contributed by atoms with Gasteiger partial charge in [-0.3, -0.25) is 0 Å². The van der Waals surface area contributed by atoms with E-state index >= 15 is 0 Å². The minimum atomic E-state index is 0.223. The minimum absolute atomic E-state index is 0.223. The first-order chi connectivity index (χ1) is 9.29. The predicted octanol–water partition coefficient (Wildman–Crippen LogP) is 4.57. The third kappa shape index (κ3) is 3.27. The van der Waals surface area contributed by atoms with Crippen LogP contribution in [0.25, 0.3) is 0 Å². The Bertz CT molecular complexity index is 376. The number of hydrogen-bond acceptors (Lipinski definition) is 1. The maximum absolute atomic E-state index is 6.62. The highest BCUT2D eigenvalue weighted by Crippen LogP contribution is 2.42. The summed E-state index contributed by atoms with van der Waals surface area (Å²) in [7, 11) is 0. The molecule has 1 aliphatic carbocycles. The topological polar surface area (TPSA) is 26.0 Å². The lowest BCUT2D eigenvalue weighted by Crippen LogP contribution is -2.46. The number of unbranched alkanes of at least 4 members (excludes halogenated alkanes) is 1. The molecule has 1 aliphatic rings. The Hall–Kier alpha value is -1.08. The summed E-state index contributed by atoms with van der Waals surface area (Å²) in [6.45, 7) is 3.80. The summed E-state index contributed by atoms with van der Waals surface area (Å²) in [5, 5.41) is 0. The molecule has 1 aromatic carbocycles. The molecule has 0 radical (unpaired) electrons. The first-order valence-corrected chi connectivity index (χ1v) is 7.71. The molecule has 0 bridgehead atoms.